The molecule has 0 fully saturated rings. The second-order valence-corrected chi connectivity index (χ2v) is 8.11. The smallest absolute Gasteiger partial charge is 0.305 e. The number of nitrogens with one attached hydrogen (secondary N) is 2. The van der Waals surface area contributed by atoms with Gasteiger partial charge in [0.2, 0.25) is 0 Å². The van der Waals surface area contributed by atoms with Crippen molar-refractivity contribution in [1.82, 2.24) is 35.2 Å². The Kier molecular flexibility index (Phi) is 6.01. The first-order valence-electron chi connectivity index (χ1n) is 11.3. The summed E-state index contributed by atoms with van der Waals surface area (Å²) in [6.45, 7) is 2.50. The molecule has 3 heterocycles. The number of hydrogen-bond donors (Lipinski definition) is 2. The molecule has 0 aliphatic rings. The molecular weight excluding hydrogens is 440 g/mol. The first-order valence-corrected chi connectivity index (χ1v) is 11.3. The Morgan fingerprint density at radius 1 is 1.03 bits per heavy atom. The third kappa shape index (κ3) is 4.25. The minimum Gasteiger partial charge on any atom is -0.305 e. The molecule has 0 unspecified atom stereocenters. The molecule has 35 heavy (non-hydrogen) atoms. The molecular formula is C26H22N8O. The lowest BCUT2D eigenvalue weighted by Gasteiger charge is -2.11. The second-order valence-electron chi connectivity index (χ2n) is 8.11. The maximum Gasteiger partial charge on any atom is 0.326 e. The highest BCUT2D eigenvalue weighted by Crippen LogP contribution is 2.30. The first kappa shape index (κ1) is 22.0. The Balaban J connectivity index is 1.49. The number of aromatic amines is 2. The predicted octanol–water partition coefficient (Wildman–Crippen LogP) is 3.96. The summed E-state index contributed by atoms with van der Waals surface area (Å²) in [5.74, 6) is 0.547. The van der Waals surface area contributed by atoms with E-state index in [0.29, 0.717) is 23.6 Å². The molecule has 172 valence electrons. The number of imidazole rings is 1. The molecule has 2 aromatic carbocycles. The van der Waals surface area contributed by atoms with Gasteiger partial charge < -0.3 is 4.98 Å². The number of H-pyrrole nitrogens is 2. The van der Waals surface area contributed by atoms with Gasteiger partial charge in [0.25, 0.3) is 0 Å². The zero-order chi connectivity index (χ0) is 24.2. The van der Waals surface area contributed by atoms with Crippen LogP contribution in [0.2, 0.25) is 0 Å². The molecule has 9 heteroatoms. The van der Waals surface area contributed by atoms with Gasteiger partial charge in [-0.1, -0.05) is 55.8 Å². The van der Waals surface area contributed by atoms with Crippen molar-refractivity contribution in [2.24, 2.45) is 0 Å². The average Bonchev–Trinajstić information content (AvgIpc) is 3.54. The topological polar surface area (TPSA) is 129 Å². The molecule has 5 rings (SSSR count). The van der Waals surface area contributed by atoms with Gasteiger partial charge in [-0.15, -0.1) is 5.10 Å². The van der Waals surface area contributed by atoms with Gasteiger partial charge >= 0.3 is 5.69 Å². The fourth-order valence-electron chi connectivity index (χ4n) is 4.27. The number of nitriles is 1. The van der Waals surface area contributed by atoms with E-state index in [1.807, 2.05) is 48.5 Å². The molecule has 0 saturated carbocycles. The van der Waals surface area contributed by atoms with Crippen LogP contribution in [0.15, 0.2) is 71.8 Å². The largest absolute Gasteiger partial charge is 0.326 e. The van der Waals surface area contributed by atoms with Crippen LogP contribution >= 0.6 is 0 Å². The SMILES string of the molecule is CCCc1c(-c2ccccc2C#N)[nH]c(=O)n1Cc1ccc(-c2ccncc2-c2nnn[nH]2)cc1. The number of rotatable bonds is 7. The molecule has 0 aliphatic carbocycles. The van der Waals surface area contributed by atoms with Crippen molar-refractivity contribution in [3.05, 3.63) is 94.3 Å². The molecule has 3 aromatic heterocycles. The lowest BCUT2D eigenvalue weighted by atomic mass is 10.00. The quantitative estimate of drug-likeness (QED) is 0.377. The summed E-state index contributed by atoms with van der Waals surface area (Å²) >= 11 is 0. The van der Waals surface area contributed by atoms with E-state index in [2.05, 4.69) is 43.6 Å². The molecule has 0 aliphatic heterocycles. The summed E-state index contributed by atoms with van der Waals surface area (Å²) in [5.41, 5.74) is 6.45. The van der Waals surface area contributed by atoms with Gasteiger partial charge in [-0.25, -0.2) is 9.89 Å². The maximum atomic E-state index is 13.0. The van der Waals surface area contributed by atoms with Gasteiger partial charge in [0, 0.05) is 29.2 Å². The van der Waals surface area contributed by atoms with E-state index < -0.39 is 0 Å². The molecule has 0 atom stereocenters. The summed E-state index contributed by atoms with van der Waals surface area (Å²) in [5, 5.41) is 23.7. The predicted molar refractivity (Wildman–Crippen MR) is 131 cm³/mol. The van der Waals surface area contributed by atoms with Gasteiger partial charge in [-0.3, -0.25) is 9.55 Å². The zero-order valence-electron chi connectivity index (χ0n) is 19.1. The van der Waals surface area contributed by atoms with Crippen LogP contribution in [0.25, 0.3) is 33.8 Å². The van der Waals surface area contributed by atoms with E-state index in [1.165, 1.54) is 0 Å². The lowest BCUT2D eigenvalue weighted by Crippen LogP contribution is -2.19. The molecule has 2 N–H and O–H groups in total. The van der Waals surface area contributed by atoms with Crippen molar-refractivity contribution in [3.8, 4) is 39.8 Å². The highest BCUT2D eigenvalue weighted by Gasteiger charge is 2.18. The van der Waals surface area contributed by atoms with Crippen LogP contribution in [-0.2, 0) is 13.0 Å². The van der Waals surface area contributed by atoms with Crippen molar-refractivity contribution in [3.63, 3.8) is 0 Å². The molecule has 0 saturated heterocycles. The van der Waals surface area contributed by atoms with Crippen LogP contribution in [0.4, 0.5) is 0 Å². The van der Waals surface area contributed by atoms with Gasteiger partial charge in [-0.05, 0) is 45.7 Å². The van der Waals surface area contributed by atoms with Gasteiger partial charge in [0.1, 0.15) is 0 Å². The second kappa shape index (κ2) is 9.57. The van der Waals surface area contributed by atoms with Crippen molar-refractivity contribution in [2.75, 3.05) is 0 Å². The summed E-state index contributed by atoms with van der Waals surface area (Å²) < 4.78 is 1.76. The van der Waals surface area contributed by atoms with E-state index in [-0.39, 0.29) is 5.69 Å². The Bertz CT molecular complexity index is 1560. The maximum absolute atomic E-state index is 13.0. The summed E-state index contributed by atoms with van der Waals surface area (Å²) in [7, 11) is 0. The van der Waals surface area contributed by atoms with Gasteiger partial charge in [-0.2, -0.15) is 5.26 Å². The third-order valence-corrected chi connectivity index (χ3v) is 5.92. The Morgan fingerprint density at radius 3 is 2.60 bits per heavy atom. The fourth-order valence-corrected chi connectivity index (χ4v) is 4.27. The van der Waals surface area contributed by atoms with Crippen molar-refractivity contribution >= 4 is 0 Å². The van der Waals surface area contributed by atoms with Crippen LogP contribution in [0.5, 0.6) is 0 Å². The zero-order valence-corrected chi connectivity index (χ0v) is 19.1. The van der Waals surface area contributed by atoms with E-state index in [0.717, 1.165) is 46.4 Å². The van der Waals surface area contributed by atoms with E-state index >= 15 is 0 Å². The van der Waals surface area contributed by atoms with Crippen LogP contribution in [0.1, 0.15) is 30.2 Å². The highest BCUT2D eigenvalue weighted by molar-refractivity contribution is 5.79. The minimum atomic E-state index is -0.186. The van der Waals surface area contributed by atoms with Gasteiger partial charge in [0.15, 0.2) is 5.82 Å². The van der Waals surface area contributed by atoms with Crippen molar-refractivity contribution in [2.45, 2.75) is 26.3 Å². The Labute approximate surface area is 201 Å². The van der Waals surface area contributed by atoms with Crippen LogP contribution in [0, 0.1) is 11.3 Å². The van der Waals surface area contributed by atoms with Crippen LogP contribution in [0.3, 0.4) is 0 Å². The molecule has 0 radical (unpaired) electrons. The van der Waals surface area contributed by atoms with Crippen molar-refractivity contribution in [1.29, 1.82) is 5.26 Å². The summed E-state index contributed by atoms with van der Waals surface area (Å²) in [6.07, 6.45) is 5.05. The number of tetrazole rings is 1. The highest BCUT2D eigenvalue weighted by atomic mass is 16.1. The first-order chi connectivity index (χ1) is 17.2. The van der Waals surface area contributed by atoms with Crippen LogP contribution < -0.4 is 5.69 Å². The number of pyridine rings is 1. The number of nitrogens with zero attached hydrogens (tertiary/aromatic N) is 6. The van der Waals surface area contributed by atoms with Crippen molar-refractivity contribution < 1.29 is 0 Å². The van der Waals surface area contributed by atoms with Gasteiger partial charge in [0.05, 0.1) is 23.9 Å². The Hall–Kier alpha value is -4.84. The molecule has 0 bridgehead atoms. The fraction of sp³-hybridized carbons (Fsp3) is 0.154. The normalized spacial score (nSPS) is 10.9. The molecule has 5 aromatic rings. The standard InChI is InChI=1S/C26H22N8O/c1-2-5-23-24(21-7-4-3-6-19(21)14-27)29-26(35)34(23)16-17-8-10-18(11-9-17)20-12-13-28-15-22(20)25-30-32-33-31-25/h3-4,6-13,15H,2,5,16H2,1H3,(H,29,35)(H,30,31,32,33). The summed E-state index contributed by atoms with van der Waals surface area (Å²) in [6, 6.07) is 19.5. The molecule has 0 amide bonds. The molecule has 9 nitrogen and oxygen atoms in total. The molecule has 0 spiro atoms. The monoisotopic (exact) mass is 462 g/mol. The lowest BCUT2D eigenvalue weighted by molar-refractivity contribution is 0.700. The van der Waals surface area contributed by atoms with E-state index in [4.69, 9.17) is 0 Å². The van der Waals surface area contributed by atoms with E-state index in [1.54, 1.807) is 23.0 Å². The Morgan fingerprint density at radius 2 is 1.86 bits per heavy atom. The summed E-state index contributed by atoms with van der Waals surface area (Å²) in [4.78, 5) is 20.2. The third-order valence-electron chi connectivity index (χ3n) is 5.92. The number of aromatic nitrogens is 7. The minimum absolute atomic E-state index is 0.186. The average molecular weight is 463 g/mol. The number of benzene rings is 2. The van der Waals surface area contributed by atoms with Crippen LogP contribution in [-0.4, -0.2) is 35.2 Å². The number of hydrogen-bond acceptors (Lipinski definition) is 6. The van der Waals surface area contributed by atoms with E-state index in [9.17, 15) is 10.1 Å².